The molecule has 19 heavy (non-hydrogen) atoms. The van der Waals surface area contributed by atoms with Crippen molar-refractivity contribution in [1.29, 1.82) is 0 Å². The molecule has 0 saturated carbocycles. The van der Waals surface area contributed by atoms with E-state index in [0.29, 0.717) is 5.41 Å². The van der Waals surface area contributed by atoms with Crippen LogP contribution >= 0.6 is 0 Å². The van der Waals surface area contributed by atoms with Crippen molar-refractivity contribution >= 4 is 0 Å². The fraction of sp³-hybridized carbons (Fsp3) is 1.00. The second-order valence-corrected chi connectivity index (χ2v) is 7.68. The number of hydrogen-bond donors (Lipinski definition) is 0. The Morgan fingerprint density at radius 1 is 0.842 bits per heavy atom. The highest BCUT2D eigenvalue weighted by Crippen LogP contribution is 2.32. The Kier molecular flexibility index (Phi) is 9.83. The molecule has 116 valence electrons. The minimum absolute atomic E-state index is 0.609. The first-order valence-electron chi connectivity index (χ1n) is 8.84. The zero-order chi connectivity index (χ0) is 14.9. The molecule has 0 amide bonds. The van der Waals surface area contributed by atoms with E-state index in [0.717, 1.165) is 17.8 Å². The summed E-state index contributed by atoms with van der Waals surface area (Å²) in [7, 11) is 0. The van der Waals surface area contributed by atoms with Crippen LogP contribution < -0.4 is 0 Å². The number of hydrogen-bond acceptors (Lipinski definition) is 0. The van der Waals surface area contributed by atoms with Crippen molar-refractivity contribution in [2.45, 2.75) is 99.8 Å². The second kappa shape index (κ2) is 9.83. The molecule has 2 atom stereocenters. The highest BCUT2D eigenvalue weighted by atomic mass is 14.2. The largest absolute Gasteiger partial charge is 0.0649 e. The highest BCUT2D eigenvalue weighted by molar-refractivity contribution is 4.70. The van der Waals surface area contributed by atoms with Gasteiger partial charge in [-0.15, -0.1) is 0 Å². The summed E-state index contributed by atoms with van der Waals surface area (Å²) in [5.41, 5.74) is 0.609. The lowest BCUT2D eigenvalue weighted by Gasteiger charge is -2.26. The molecule has 0 N–H and O–H groups in total. The van der Waals surface area contributed by atoms with Crippen molar-refractivity contribution in [3.8, 4) is 0 Å². The fourth-order valence-corrected chi connectivity index (χ4v) is 2.85. The van der Waals surface area contributed by atoms with Crippen molar-refractivity contribution < 1.29 is 0 Å². The van der Waals surface area contributed by atoms with Gasteiger partial charge in [0.05, 0.1) is 0 Å². The Bertz CT molecular complexity index is 200. The molecule has 0 saturated heterocycles. The molecule has 0 radical (unpaired) electrons. The first-order chi connectivity index (χ1) is 8.84. The van der Waals surface area contributed by atoms with Crippen LogP contribution in [0.15, 0.2) is 0 Å². The van der Waals surface area contributed by atoms with E-state index in [1.54, 1.807) is 0 Å². The summed E-state index contributed by atoms with van der Waals surface area (Å²) in [6, 6.07) is 0. The fourth-order valence-electron chi connectivity index (χ4n) is 2.85. The van der Waals surface area contributed by atoms with E-state index >= 15 is 0 Å². The Morgan fingerprint density at radius 2 is 1.42 bits per heavy atom. The molecule has 0 aliphatic heterocycles. The summed E-state index contributed by atoms with van der Waals surface area (Å²) >= 11 is 0. The van der Waals surface area contributed by atoms with E-state index in [9.17, 15) is 0 Å². The van der Waals surface area contributed by atoms with E-state index in [1.807, 2.05) is 0 Å². The molecule has 2 unspecified atom stereocenters. The molecular weight excluding hydrogens is 228 g/mol. The van der Waals surface area contributed by atoms with E-state index < -0.39 is 0 Å². The molecular formula is C19H40. The summed E-state index contributed by atoms with van der Waals surface area (Å²) < 4.78 is 0. The molecule has 0 heterocycles. The summed E-state index contributed by atoms with van der Waals surface area (Å²) in [6.45, 7) is 16.7. The third kappa shape index (κ3) is 8.71. The van der Waals surface area contributed by atoms with Gasteiger partial charge in [0.1, 0.15) is 0 Å². The van der Waals surface area contributed by atoms with Crippen molar-refractivity contribution in [3.05, 3.63) is 0 Å². The van der Waals surface area contributed by atoms with Crippen LogP contribution in [0.25, 0.3) is 0 Å². The van der Waals surface area contributed by atoms with Crippen LogP contribution in [0.1, 0.15) is 99.8 Å². The molecule has 0 spiro atoms. The van der Waals surface area contributed by atoms with Crippen LogP contribution in [0.5, 0.6) is 0 Å². The quantitative estimate of drug-likeness (QED) is 0.351. The average Bonchev–Trinajstić information content (AvgIpc) is 2.37. The molecule has 0 aromatic heterocycles. The van der Waals surface area contributed by atoms with Gasteiger partial charge >= 0.3 is 0 Å². The molecule has 0 rings (SSSR count). The third-order valence-electron chi connectivity index (χ3n) is 5.60. The summed E-state index contributed by atoms with van der Waals surface area (Å²) in [5, 5.41) is 0. The lowest BCUT2D eigenvalue weighted by molar-refractivity contribution is 0.259. The molecule has 0 heteroatoms. The smallest absolute Gasteiger partial charge is 0.0331 e. The second-order valence-electron chi connectivity index (χ2n) is 7.68. The maximum atomic E-state index is 2.46. The molecule has 0 aliphatic carbocycles. The normalized spacial score (nSPS) is 15.8. The number of unbranched alkanes of at least 4 members (excludes halogenated alkanes) is 2. The Hall–Kier alpha value is 0. The highest BCUT2D eigenvalue weighted by Gasteiger charge is 2.18. The van der Waals surface area contributed by atoms with E-state index in [-0.39, 0.29) is 0 Å². The van der Waals surface area contributed by atoms with Gasteiger partial charge in [0.25, 0.3) is 0 Å². The van der Waals surface area contributed by atoms with Crippen molar-refractivity contribution in [1.82, 2.24) is 0 Å². The van der Waals surface area contributed by atoms with Gasteiger partial charge in [0.15, 0.2) is 0 Å². The predicted octanol–water partition coefficient (Wildman–Crippen LogP) is 7.08. The average molecular weight is 269 g/mol. The topological polar surface area (TPSA) is 0 Å². The van der Waals surface area contributed by atoms with Crippen LogP contribution in [0, 0.1) is 23.2 Å². The summed E-state index contributed by atoms with van der Waals surface area (Å²) in [5.74, 6) is 2.65. The SMILES string of the molecule is CCC(C)(CC)CCCCCC(C)CC(C)C(C)C. The van der Waals surface area contributed by atoms with Crippen LogP contribution in [0.4, 0.5) is 0 Å². The summed E-state index contributed by atoms with van der Waals surface area (Å²) in [4.78, 5) is 0. The van der Waals surface area contributed by atoms with Crippen molar-refractivity contribution in [2.24, 2.45) is 23.2 Å². The van der Waals surface area contributed by atoms with Gasteiger partial charge in [-0.1, -0.05) is 87.0 Å². The van der Waals surface area contributed by atoms with E-state index in [2.05, 4.69) is 48.5 Å². The van der Waals surface area contributed by atoms with Crippen LogP contribution in [0.3, 0.4) is 0 Å². The Morgan fingerprint density at radius 3 is 1.89 bits per heavy atom. The minimum Gasteiger partial charge on any atom is -0.0649 e. The van der Waals surface area contributed by atoms with Crippen LogP contribution in [-0.4, -0.2) is 0 Å². The zero-order valence-corrected chi connectivity index (χ0v) is 14.9. The van der Waals surface area contributed by atoms with Gasteiger partial charge in [-0.3, -0.25) is 0 Å². The first kappa shape index (κ1) is 19.0. The minimum atomic E-state index is 0.609. The maximum absolute atomic E-state index is 2.46. The molecule has 0 aliphatic rings. The molecule has 0 aromatic rings. The zero-order valence-electron chi connectivity index (χ0n) is 14.9. The van der Waals surface area contributed by atoms with E-state index in [1.165, 1.54) is 51.4 Å². The van der Waals surface area contributed by atoms with Gasteiger partial charge in [-0.05, 0) is 36.0 Å². The Balaban J connectivity index is 3.64. The molecule has 0 bridgehead atoms. The standard InChI is InChI=1S/C19H40/c1-8-19(7,9-2)14-12-10-11-13-17(5)15-18(6)16(3)4/h16-18H,8-15H2,1-7H3. The van der Waals surface area contributed by atoms with Crippen molar-refractivity contribution in [2.75, 3.05) is 0 Å². The molecule has 0 nitrogen and oxygen atoms in total. The lowest BCUT2D eigenvalue weighted by Crippen LogP contribution is -2.13. The predicted molar refractivity (Wildman–Crippen MR) is 89.6 cm³/mol. The monoisotopic (exact) mass is 268 g/mol. The van der Waals surface area contributed by atoms with Crippen molar-refractivity contribution in [3.63, 3.8) is 0 Å². The van der Waals surface area contributed by atoms with Crippen LogP contribution in [-0.2, 0) is 0 Å². The number of rotatable bonds is 11. The van der Waals surface area contributed by atoms with Gasteiger partial charge < -0.3 is 0 Å². The third-order valence-corrected chi connectivity index (χ3v) is 5.60. The molecule has 0 aromatic carbocycles. The Labute approximate surface area is 123 Å². The maximum Gasteiger partial charge on any atom is -0.0331 e. The molecule has 0 fully saturated rings. The van der Waals surface area contributed by atoms with E-state index in [4.69, 9.17) is 0 Å². The van der Waals surface area contributed by atoms with Gasteiger partial charge in [0, 0.05) is 0 Å². The first-order valence-corrected chi connectivity index (χ1v) is 8.84. The van der Waals surface area contributed by atoms with Gasteiger partial charge in [-0.2, -0.15) is 0 Å². The lowest BCUT2D eigenvalue weighted by atomic mass is 9.79. The van der Waals surface area contributed by atoms with Gasteiger partial charge in [-0.25, -0.2) is 0 Å². The van der Waals surface area contributed by atoms with Gasteiger partial charge in [0.2, 0.25) is 0 Å². The van der Waals surface area contributed by atoms with Crippen LogP contribution in [0.2, 0.25) is 0 Å². The summed E-state index contributed by atoms with van der Waals surface area (Å²) in [6.07, 6.45) is 11.3.